The van der Waals surface area contributed by atoms with Gasteiger partial charge in [-0.25, -0.2) is 9.78 Å². The summed E-state index contributed by atoms with van der Waals surface area (Å²) in [5, 5.41) is 0. The summed E-state index contributed by atoms with van der Waals surface area (Å²) in [6.07, 6.45) is 5.53. The summed E-state index contributed by atoms with van der Waals surface area (Å²) >= 11 is 0. The number of nitrogens with zero attached hydrogens (tertiary/aromatic N) is 3. The third-order valence-electron chi connectivity index (χ3n) is 3.68. The maximum atomic E-state index is 11.5. The predicted molar refractivity (Wildman–Crippen MR) is 68.6 cm³/mol. The van der Waals surface area contributed by atoms with Crippen molar-refractivity contribution in [2.75, 3.05) is 18.6 Å². The number of carbonyl (C=O) groups excluding carboxylic acids is 1. The van der Waals surface area contributed by atoms with Crippen molar-refractivity contribution in [1.29, 1.82) is 0 Å². The van der Waals surface area contributed by atoms with Gasteiger partial charge in [0, 0.05) is 12.6 Å². The van der Waals surface area contributed by atoms with Gasteiger partial charge in [-0.05, 0) is 25.7 Å². The number of hydrogen-bond donors (Lipinski definition) is 0. The van der Waals surface area contributed by atoms with Crippen LogP contribution in [-0.4, -0.2) is 35.6 Å². The van der Waals surface area contributed by atoms with Crippen LogP contribution < -0.4 is 4.90 Å². The van der Waals surface area contributed by atoms with Gasteiger partial charge in [-0.3, -0.25) is 4.98 Å². The van der Waals surface area contributed by atoms with Gasteiger partial charge in [0.15, 0.2) is 5.69 Å². The van der Waals surface area contributed by atoms with Crippen LogP contribution >= 0.6 is 0 Å². The largest absolute Gasteiger partial charge is 0.464 e. The molecular weight excluding hydrogens is 230 g/mol. The molecule has 18 heavy (non-hydrogen) atoms. The quantitative estimate of drug-likeness (QED) is 0.749. The second kappa shape index (κ2) is 5.33. The molecule has 0 N–H and O–H groups in total. The molecule has 0 saturated carbocycles. The number of esters is 1. The summed E-state index contributed by atoms with van der Waals surface area (Å²) in [7, 11) is 1.35. The Morgan fingerprint density at radius 3 is 2.94 bits per heavy atom. The molecule has 1 aliphatic rings. The lowest BCUT2D eigenvalue weighted by Gasteiger charge is -2.38. The van der Waals surface area contributed by atoms with Crippen LogP contribution in [0.5, 0.6) is 0 Å². The van der Waals surface area contributed by atoms with Crippen molar-refractivity contribution in [3.05, 3.63) is 18.1 Å². The lowest BCUT2D eigenvalue weighted by Crippen LogP contribution is -2.43. The molecule has 0 spiro atoms. The Labute approximate surface area is 107 Å². The Bertz CT molecular complexity index is 436. The highest BCUT2D eigenvalue weighted by Gasteiger charge is 2.26. The molecule has 0 bridgehead atoms. The van der Waals surface area contributed by atoms with Crippen LogP contribution in [0, 0.1) is 5.92 Å². The highest BCUT2D eigenvalue weighted by Crippen LogP contribution is 2.26. The highest BCUT2D eigenvalue weighted by molar-refractivity contribution is 5.87. The molecule has 98 valence electrons. The number of hydrogen-bond acceptors (Lipinski definition) is 5. The van der Waals surface area contributed by atoms with E-state index in [0.717, 1.165) is 18.8 Å². The van der Waals surface area contributed by atoms with Crippen LogP contribution in [0.25, 0.3) is 0 Å². The number of ether oxygens (including phenoxy) is 1. The molecule has 1 aromatic heterocycles. The van der Waals surface area contributed by atoms with E-state index in [2.05, 4.69) is 33.5 Å². The third kappa shape index (κ3) is 2.44. The first-order chi connectivity index (χ1) is 8.63. The van der Waals surface area contributed by atoms with Crippen LogP contribution in [0.15, 0.2) is 12.4 Å². The van der Waals surface area contributed by atoms with E-state index in [4.69, 9.17) is 0 Å². The zero-order chi connectivity index (χ0) is 13.1. The minimum Gasteiger partial charge on any atom is -0.464 e. The zero-order valence-electron chi connectivity index (χ0n) is 11.1. The first-order valence-corrected chi connectivity index (χ1v) is 6.30. The monoisotopic (exact) mass is 249 g/mol. The van der Waals surface area contributed by atoms with E-state index >= 15 is 0 Å². The molecule has 0 amide bonds. The Hall–Kier alpha value is -1.65. The molecular formula is C13H19N3O2. The molecule has 5 nitrogen and oxygen atoms in total. The summed E-state index contributed by atoms with van der Waals surface area (Å²) in [6.45, 7) is 5.40. The number of anilines is 1. The Morgan fingerprint density at radius 1 is 1.44 bits per heavy atom. The van der Waals surface area contributed by atoms with Gasteiger partial charge in [-0.1, -0.05) is 6.92 Å². The second-order valence-electron chi connectivity index (χ2n) is 4.81. The van der Waals surface area contributed by atoms with E-state index in [1.165, 1.54) is 19.7 Å². The molecule has 1 saturated heterocycles. The summed E-state index contributed by atoms with van der Waals surface area (Å²) in [5.74, 6) is 0.946. The molecule has 1 aliphatic heterocycles. The van der Waals surface area contributed by atoms with Gasteiger partial charge in [0.25, 0.3) is 0 Å². The normalized spacial score (nSPS) is 23.8. The van der Waals surface area contributed by atoms with Gasteiger partial charge in [-0.2, -0.15) is 0 Å². The summed E-state index contributed by atoms with van der Waals surface area (Å²) in [5.41, 5.74) is 0.264. The van der Waals surface area contributed by atoms with Crippen LogP contribution in [0.2, 0.25) is 0 Å². The SMILES string of the molecule is COC(=O)c1cncc(N2CCCC(C)C2C)n1. The number of rotatable bonds is 2. The number of piperidine rings is 1. The van der Waals surface area contributed by atoms with Crippen molar-refractivity contribution in [3.63, 3.8) is 0 Å². The molecule has 0 radical (unpaired) electrons. The fraction of sp³-hybridized carbons (Fsp3) is 0.615. The van der Waals surface area contributed by atoms with E-state index < -0.39 is 5.97 Å². The number of aromatic nitrogens is 2. The number of carbonyl (C=O) groups is 1. The van der Waals surface area contributed by atoms with E-state index in [9.17, 15) is 4.79 Å². The first kappa shape index (κ1) is 12.8. The minimum absolute atomic E-state index is 0.264. The van der Waals surface area contributed by atoms with E-state index in [-0.39, 0.29) is 5.69 Å². The fourth-order valence-corrected chi connectivity index (χ4v) is 2.36. The molecule has 2 heterocycles. The van der Waals surface area contributed by atoms with Gasteiger partial charge < -0.3 is 9.64 Å². The van der Waals surface area contributed by atoms with E-state index in [0.29, 0.717) is 12.0 Å². The van der Waals surface area contributed by atoms with E-state index in [1.54, 1.807) is 6.20 Å². The fourth-order valence-electron chi connectivity index (χ4n) is 2.36. The van der Waals surface area contributed by atoms with Crippen molar-refractivity contribution in [2.45, 2.75) is 32.7 Å². The van der Waals surface area contributed by atoms with Crippen LogP contribution in [-0.2, 0) is 4.74 Å². The van der Waals surface area contributed by atoms with Crippen LogP contribution in [0.4, 0.5) is 5.82 Å². The average Bonchev–Trinajstić information content (AvgIpc) is 2.41. The average molecular weight is 249 g/mol. The molecule has 2 rings (SSSR count). The first-order valence-electron chi connectivity index (χ1n) is 6.30. The van der Waals surface area contributed by atoms with Crippen molar-refractivity contribution in [1.82, 2.24) is 9.97 Å². The van der Waals surface area contributed by atoms with Gasteiger partial charge in [0.05, 0.1) is 19.5 Å². The zero-order valence-corrected chi connectivity index (χ0v) is 11.1. The topological polar surface area (TPSA) is 55.3 Å². The highest BCUT2D eigenvalue weighted by atomic mass is 16.5. The molecule has 2 unspecified atom stereocenters. The van der Waals surface area contributed by atoms with Crippen molar-refractivity contribution in [2.24, 2.45) is 5.92 Å². The summed E-state index contributed by atoms with van der Waals surface area (Å²) in [6, 6.07) is 0.418. The van der Waals surface area contributed by atoms with Crippen LogP contribution in [0.1, 0.15) is 37.2 Å². The molecule has 5 heteroatoms. The standard InChI is InChI=1S/C13H19N3O2/c1-9-5-4-6-16(10(9)2)12-8-14-7-11(15-12)13(17)18-3/h7-10H,4-6H2,1-3H3. The summed E-state index contributed by atoms with van der Waals surface area (Å²) in [4.78, 5) is 22.1. The van der Waals surface area contributed by atoms with E-state index in [1.807, 2.05) is 0 Å². The molecule has 1 aromatic rings. The van der Waals surface area contributed by atoms with Crippen molar-refractivity contribution >= 4 is 11.8 Å². The Morgan fingerprint density at radius 2 is 2.22 bits per heavy atom. The smallest absolute Gasteiger partial charge is 0.358 e. The Kier molecular flexibility index (Phi) is 3.79. The van der Waals surface area contributed by atoms with Crippen molar-refractivity contribution < 1.29 is 9.53 Å². The van der Waals surface area contributed by atoms with Gasteiger partial charge in [-0.15, -0.1) is 0 Å². The van der Waals surface area contributed by atoms with Crippen LogP contribution in [0.3, 0.4) is 0 Å². The second-order valence-corrected chi connectivity index (χ2v) is 4.81. The number of methoxy groups -OCH3 is 1. The lowest BCUT2D eigenvalue weighted by atomic mass is 9.92. The Balaban J connectivity index is 2.25. The molecule has 0 aliphatic carbocycles. The van der Waals surface area contributed by atoms with Gasteiger partial charge in [0.2, 0.25) is 0 Å². The summed E-state index contributed by atoms with van der Waals surface area (Å²) < 4.78 is 4.67. The maximum Gasteiger partial charge on any atom is 0.358 e. The molecule has 2 atom stereocenters. The van der Waals surface area contributed by atoms with Gasteiger partial charge >= 0.3 is 5.97 Å². The maximum absolute atomic E-state index is 11.5. The lowest BCUT2D eigenvalue weighted by molar-refractivity contribution is 0.0593. The molecule has 0 aromatic carbocycles. The minimum atomic E-state index is -0.443. The molecule has 1 fully saturated rings. The van der Waals surface area contributed by atoms with Crippen molar-refractivity contribution in [3.8, 4) is 0 Å². The third-order valence-corrected chi connectivity index (χ3v) is 3.68. The predicted octanol–water partition coefficient (Wildman–Crippen LogP) is 1.89. The van der Waals surface area contributed by atoms with Gasteiger partial charge in [0.1, 0.15) is 5.82 Å².